The molecule has 0 aliphatic rings. The Morgan fingerprint density at radius 2 is 1.95 bits per heavy atom. The molecule has 0 aliphatic carbocycles. The smallest absolute Gasteiger partial charge is 0.131 e. The van der Waals surface area contributed by atoms with Crippen LogP contribution in [0.15, 0.2) is 36.4 Å². The quantitative estimate of drug-likeness (QED) is 0.880. The number of methoxy groups -OCH3 is 1. The first-order valence-electron chi connectivity index (χ1n) is 6.52. The molecule has 2 aromatic carbocycles. The van der Waals surface area contributed by atoms with Crippen LogP contribution < -0.4 is 14.8 Å². The fourth-order valence-electron chi connectivity index (χ4n) is 1.95. The van der Waals surface area contributed by atoms with E-state index in [0.29, 0.717) is 22.9 Å². The molecule has 0 aromatic heterocycles. The molecule has 0 heterocycles. The van der Waals surface area contributed by atoms with Crippen molar-refractivity contribution in [3.8, 4) is 11.5 Å². The Labute approximate surface area is 128 Å². The van der Waals surface area contributed by atoms with Crippen molar-refractivity contribution in [1.29, 1.82) is 0 Å². The third-order valence-electron chi connectivity index (χ3n) is 3.03. The molecule has 2 aromatic rings. The van der Waals surface area contributed by atoms with Crippen LogP contribution in [0.3, 0.4) is 0 Å². The van der Waals surface area contributed by atoms with E-state index in [1.807, 2.05) is 25.2 Å². The van der Waals surface area contributed by atoms with Crippen LogP contribution in [-0.2, 0) is 13.2 Å². The molecule has 112 valence electrons. The normalized spacial score (nSPS) is 10.5. The molecule has 0 amide bonds. The highest BCUT2D eigenvalue weighted by atomic mass is 35.5. The van der Waals surface area contributed by atoms with Gasteiger partial charge in [0.2, 0.25) is 0 Å². The number of hydrogen-bond donors (Lipinski definition) is 1. The van der Waals surface area contributed by atoms with Crippen LogP contribution in [0.5, 0.6) is 11.5 Å². The van der Waals surface area contributed by atoms with E-state index in [0.717, 1.165) is 11.3 Å². The lowest BCUT2D eigenvalue weighted by molar-refractivity contribution is 0.295. The van der Waals surface area contributed by atoms with Crippen molar-refractivity contribution in [2.45, 2.75) is 13.2 Å². The Balaban J connectivity index is 2.15. The van der Waals surface area contributed by atoms with Gasteiger partial charge in [-0.25, -0.2) is 4.39 Å². The van der Waals surface area contributed by atoms with Crippen LogP contribution in [0, 0.1) is 5.82 Å². The maximum absolute atomic E-state index is 13.7. The molecular weight excluding hydrogens is 293 g/mol. The molecule has 5 heteroatoms. The lowest BCUT2D eigenvalue weighted by atomic mass is 10.2. The van der Waals surface area contributed by atoms with Crippen LogP contribution in [0.1, 0.15) is 11.1 Å². The second kappa shape index (κ2) is 7.29. The molecule has 0 spiro atoms. The Morgan fingerprint density at radius 1 is 1.14 bits per heavy atom. The van der Waals surface area contributed by atoms with E-state index in [-0.39, 0.29) is 12.4 Å². The van der Waals surface area contributed by atoms with Crippen molar-refractivity contribution in [3.05, 3.63) is 58.4 Å². The fourth-order valence-corrected chi connectivity index (χ4v) is 2.11. The van der Waals surface area contributed by atoms with Crippen molar-refractivity contribution in [3.63, 3.8) is 0 Å². The van der Waals surface area contributed by atoms with Crippen LogP contribution >= 0.6 is 11.6 Å². The summed E-state index contributed by atoms with van der Waals surface area (Å²) < 4.78 is 24.6. The van der Waals surface area contributed by atoms with Gasteiger partial charge < -0.3 is 14.8 Å². The Morgan fingerprint density at radius 3 is 2.62 bits per heavy atom. The molecule has 0 atom stereocenters. The maximum Gasteiger partial charge on any atom is 0.131 e. The Kier molecular flexibility index (Phi) is 5.42. The number of ether oxygens (including phenoxy) is 2. The van der Waals surface area contributed by atoms with Crippen molar-refractivity contribution in [2.24, 2.45) is 0 Å². The molecule has 3 nitrogen and oxygen atoms in total. The van der Waals surface area contributed by atoms with Crippen LogP contribution in [0.2, 0.25) is 5.02 Å². The molecule has 2 rings (SSSR count). The van der Waals surface area contributed by atoms with E-state index in [4.69, 9.17) is 21.1 Å². The molecule has 0 aliphatic heterocycles. The summed E-state index contributed by atoms with van der Waals surface area (Å²) in [6, 6.07) is 10.1. The topological polar surface area (TPSA) is 30.5 Å². The third kappa shape index (κ3) is 4.09. The molecule has 0 saturated carbocycles. The van der Waals surface area contributed by atoms with Crippen molar-refractivity contribution < 1.29 is 13.9 Å². The molecule has 0 unspecified atom stereocenters. The number of nitrogens with one attached hydrogen (secondary N) is 1. The lowest BCUT2D eigenvalue weighted by Gasteiger charge is -2.13. The summed E-state index contributed by atoms with van der Waals surface area (Å²) >= 11 is 5.73. The minimum atomic E-state index is -0.369. The van der Waals surface area contributed by atoms with Crippen LogP contribution in [0.25, 0.3) is 0 Å². The van der Waals surface area contributed by atoms with Crippen molar-refractivity contribution >= 4 is 11.6 Å². The highest BCUT2D eigenvalue weighted by Crippen LogP contribution is 2.25. The van der Waals surface area contributed by atoms with Gasteiger partial charge in [-0.2, -0.15) is 0 Å². The fraction of sp³-hybridized carbons (Fsp3) is 0.250. The van der Waals surface area contributed by atoms with Gasteiger partial charge in [-0.05, 0) is 37.4 Å². The summed E-state index contributed by atoms with van der Waals surface area (Å²) in [7, 11) is 3.46. The van der Waals surface area contributed by atoms with Crippen LogP contribution in [0.4, 0.5) is 4.39 Å². The lowest BCUT2D eigenvalue weighted by Crippen LogP contribution is -2.08. The second-order valence-corrected chi connectivity index (χ2v) is 4.96. The van der Waals surface area contributed by atoms with Gasteiger partial charge in [0.15, 0.2) is 0 Å². The molecule has 0 radical (unpaired) electrons. The van der Waals surface area contributed by atoms with Gasteiger partial charge in [-0.1, -0.05) is 17.7 Å². The average molecular weight is 310 g/mol. The monoisotopic (exact) mass is 309 g/mol. The zero-order chi connectivity index (χ0) is 15.2. The highest BCUT2D eigenvalue weighted by Gasteiger charge is 2.08. The summed E-state index contributed by atoms with van der Waals surface area (Å²) in [5, 5.41) is 3.44. The Hall–Kier alpha value is -1.78. The van der Waals surface area contributed by atoms with E-state index < -0.39 is 0 Å². The summed E-state index contributed by atoms with van der Waals surface area (Å²) in [6.07, 6.45) is 0. The maximum atomic E-state index is 13.7. The van der Waals surface area contributed by atoms with E-state index in [2.05, 4.69) is 5.32 Å². The number of benzene rings is 2. The van der Waals surface area contributed by atoms with Gasteiger partial charge in [0.25, 0.3) is 0 Å². The first-order chi connectivity index (χ1) is 10.1. The molecule has 0 fully saturated rings. The van der Waals surface area contributed by atoms with Gasteiger partial charge in [0.1, 0.15) is 23.9 Å². The van der Waals surface area contributed by atoms with Gasteiger partial charge in [-0.3, -0.25) is 0 Å². The van der Waals surface area contributed by atoms with E-state index in [1.165, 1.54) is 6.07 Å². The van der Waals surface area contributed by atoms with Gasteiger partial charge in [0.05, 0.1) is 7.11 Å². The number of rotatable bonds is 6. The zero-order valence-corrected chi connectivity index (χ0v) is 12.7. The first kappa shape index (κ1) is 15.6. The third-order valence-corrected chi connectivity index (χ3v) is 3.27. The molecule has 0 saturated heterocycles. The van der Waals surface area contributed by atoms with Crippen molar-refractivity contribution in [2.75, 3.05) is 14.2 Å². The van der Waals surface area contributed by atoms with Crippen LogP contribution in [-0.4, -0.2) is 14.2 Å². The molecule has 1 N–H and O–H groups in total. The number of hydrogen-bond acceptors (Lipinski definition) is 3. The van der Waals surface area contributed by atoms with Gasteiger partial charge in [-0.15, -0.1) is 0 Å². The van der Waals surface area contributed by atoms with E-state index >= 15 is 0 Å². The SMILES string of the molecule is CNCc1cc(OC)ccc1OCc1ccc(Cl)cc1F. The van der Waals surface area contributed by atoms with Gasteiger partial charge >= 0.3 is 0 Å². The molecule has 0 bridgehead atoms. The standard InChI is InChI=1S/C16H17ClFNO2/c1-19-9-12-7-14(20-2)5-6-16(12)21-10-11-3-4-13(17)8-15(11)18/h3-8,19H,9-10H2,1-2H3. The predicted molar refractivity (Wildman–Crippen MR) is 81.5 cm³/mol. The van der Waals surface area contributed by atoms with E-state index in [9.17, 15) is 4.39 Å². The molecule has 21 heavy (non-hydrogen) atoms. The largest absolute Gasteiger partial charge is 0.497 e. The van der Waals surface area contributed by atoms with Gasteiger partial charge in [0, 0.05) is 22.7 Å². The average Bonchev–Trinajstić information content (AvgIpc) is 2.47. The summed E-state index contributed by atoms with van der Waals surface area (Å²) in [4.78, 5) is 0. The first-order valence-corrected chi connectivity index (χ1v) is 6.90. The summed E-state index contributed by atoms with van der Waals surface area (Å²) in [5.74, 6) is 1.08. The second-order valence-electron chi connectivity index (χ2n) is 4.53. The summed E-state index contributed by atoms with van der Waals surface area (Å²) in [5.41, 5.74) is 1.41. The van der Waals surface area contributed by atoms with Crippen molar-refractivity contribution in [1.82, 2.24) is 5.32 Å². The zero-order valence-electron chi connectivity index (χ0n) is 12.0. The predicted octanol–water partition coefficient (Wildman–Crippen LogP) is 3.79. The Bertz CT molecular complexity index is 619. The van der Waals surface area contributed by atoms with E-state index in [1.54, 1.807) is 19.2 Å². The highest BCUT2D eigenvalue weighted by molar-refractivity contribution is 6.30. The minimum Gasteiger partial charge on any atom is -0.497 e. The summed E-state index contributed by atoms with van der Waals surface area (Å²) in [6.45, 7) is 0.779. The number of halogens is 2. The molecular formula is C16H17ClFNO2. The minimum absolute atomic E-state index is 0.145.